The van der Waals surface area contributed by atoms with Gasteiger partial charge in [-0.15, -0.1) is 0 Å². The van der Waals surface area contributed by atoms with Crippen LogP contribution >= 0.6 is 7.82 Å². The van der Waals surface area contributed by atoms with Gasteiger partial charge in [0.15, 0.2) is 0 Å². The fourth-order valence-corrected chi connectivity index (χ4v) is 0.808. The van der Waals surface area contributed by atoms with Crippen molar-refractivity contribution in [1.29, 1.82) is 0 Å². The molecule has 60 valence electrons. The molecule has 0 aliphatic heterocycles. The minimum atomic E-state index is -4.00. The molecule has 0 saturated carbocycles. The van der Waals surface area contributed by atoms with Crippen molar-refractivity contribution < 1.29 is 23.5 Å². The largest absolute Gasteiger partial charge is 0.508 e. The molecule has 0 aromatic rings. The second-order valence-corrected chi connectivity index (χ2v) is 2.57. The number of phosphoric ester groups is 1. The zero-order valence-electron chi connectivity index (χ0n) is 5.52. The first kappa shape index (κ1) is 9.65. The van der Waals surface area contributed by atoms with Crippen molar-refractivity contribution in [2.45, 2.75) is 6.92 Å². The summed E-state index contributed by atoms with van der Waals surface area (Å²) in [6, 6.07) is 0. The van der Waals surface area contributed by atoms with Crippen molar-refractivity contribution in [1.82, 2.24) is 0 Å². The van der Waals surface area contributed by atoms with E-state index in [4.69, 9.17) is 4.89 Å². The van der Waals surface area contributed by atoms with Crippen LogP contribution in [-0.4, -0.2) is 11.5 Å². The molecule has 0 amide bonds. The Morgan fingerprint density at radius 1 is 1.80 bits per heavy atom. The smallest absolute Gasteiger partial charge is 0.336 e. The van der Waals surface area contributed by atoms with E-state index >= 15 is 0 Å². The Kier molecular flexibility index (Phi) is 4.31. The van der Waals surface area contributed by atoms with Crippen LogP contribution in [0.4, 0.5) is 0 Å². The molecular formula is C4H9O5P. The first-order valence-electron chi connectivity index (χ1n) is 2.55. The van der Waals surface area contributed by atoms with Crippen molar-refractivity contribution >= 4 is 7.82 Å². The van der Waals surface area contributed by atoms with Gasteiger partial charge in [0, 0.05) is 0 Å². The lowest BCUT2D eigenvalue weighted by Gasteiger charge is -2.06. The van der Waals surface area contributed by atoms with Crippen LogP contribution in [0.1, 0.15) is 6.92 Å². The Morgan fingerprint density at radius 3 is 2.80 bits per heavy atom. The van der Waals surface area contributed by atoms with Crippen LogP contribution in [0, 0.1) is 0 Å². The molecule has 10 heavy (non-hydrogen) atoms. The fraction of sp³-hybridized carbons (Fsp3) is 0.500. The van der Waals surface area contributed by atoms with Crippen LogP contribution in [0.2, 0.25) is 0 Å². The molecule has 0 spiro atoms. The Hall–Kier alpha value is -0.350. The van der Waals surface area contributed by atoms with E-state index in [2.05, 4.69) is 20.7 Å². The number of phosphoric acid groups is 1. The van der Waals surface area contributed by atoms with Crippen molar-refractivity contribution in [3.8, 4) is 0 Å². The molecule has 1 unspecified atom stereocenters. The summed E-state index contributed by atoms with van der Waals surface area (Å²) in [6.07, 6.45) is 0.877. The van der Waals surface area contributed by atoms with Gasteiger partial charge in [0.05, 0.1) is 6.61 Å². The molecule has 5 nitrogen and oxygen atoms in total. The van der Waals surface area contributed by atoms with Gasteiger partial charge in [0.1, 0.15) is 6.26 Å². The summed E-state index contributed by atoms with van der Waals surface area (Å²) >= 11 is 0. The molecular weight excluding hydrogens is 159 g/mol. The lowest BCUT2D eigenvalue weighted by Crippen LogP contribution is -1.92. The molecule has 0 aromatic heterocycles. The Labute approximate surface area is 58.8 Å². The van der Waals surface area contributed by atoms with Crippen LogP contribution in [0.15, 0.2) is 12.8 Å². The van der Waals surface area contributed by atoms with Gasteiger partial charge in [-0.25, -0.2) is 4.57 Å². The van der Waals surface area contributed by atoms with Crippen LogP contribution in [-0.2, 0) is 18.7 Å². The molecule has 0 heterocycles. The molecule has 0 rings (SSSR count). The molecule has 6 heteroatoms. The van der Waals surface area contributed by atoms with Gasteiger partial charge in [-0.05, 0) is 6.92 Å². The van der Waals surface area contributed by atoms with Crippen LogP contribution in [0.25, 0.3) is 0 Å². The third-order valence-corrected chi connectivity index (χ3v) is 1.36. The minimum Gasteiger partial charge on any atom is -0.336 e. The lowest BCUT2D eigenvalue weighted by molar-refractivity contribution is -0.171. The Morgan fingerprint density at radius 2 is 2.40 bits per heavy atom. The summed E-state index contributed by atoms with van der Waals surface area (Å²) in [5.74, 6) is 0. The summed E-state index contributed by atoms with van der Waals surface area (Å²) in [5, 5.41) is 0. The molecule has 1 N–H and O–H groups in total. The fourth-order valence-electron chi connectivity index (χ4n) is 0.269. The summed E-state index contributed by atoms with van der Waals surface area (Å²) in [5.41, 5.74) is 0. The number of hydrogen-bond donors (Lipinski definition) is 1. The zero-order chi connectivity index (χ0) is 8.04. The molecule has 0 fully saturated rings. The van der Waals surface area contributed by atoms with Gasteiger partial charge in [-0.2, -0.15) is 0 Å². The quantitative estimate of drug-likeness (QED) is 0.289. The second kappa shape index (κ2) is 4.46. The Bertz CT molecular complexity index is 145. The molecule has 0 aliphatic carbocycles. The van der Waals surface area contributed by atoms with Gasteiger partial charge in [0.2, 0.25) is 0 Å². The lowest BCUT2D eigenvalue weighted by atomic mass is 10.9. The van der Waals surface area contributed by atoms with E-state index < -0.39 is 7.82 Å². The topological polar surface area (TPSA) is 65.0 Å². The number of rotatable bonds is 5. The molecule has 0 aliphatic rings. The molecule has 1 atom stereocenters. The first-order chi connectivity index (χ1) is 4.62. The van der Waals surface area contributed by atoms with Gasteiger partial charge in [-0.3, -0.25) is 4.52 Å². The van der Waals surface area contributed by atoms with Crippen molar-refractivity contribution in [2.24, 2.45) is 0 Å². The average molecular weight is 168 g/mol. The molecule has 0 saturated heterocycles. The summed E-state index contributed by atoms with van der Waals surface area (Å²) < 4.78 is 18.6. The monoisotopic (exact) mass is 168 g/mol. The second-order valence-electron chi connectivity index (χ2n) is 1.22. The summed E-state index contributed by atoms with van der Waals surface area (Å²) in [6.45, 7) is 4.72. The van der Waals surface area contributed by atoms with E-state index in [0.717, 1.165) is 6.26 Å². The maximum Gasteiger partial charge on any atom is 0.508 e. The highest BCUT2D eigenvalue weighted by molar-refractivity contribution is 7.47. The molecule has 0 aromatic carbocycles. The predicted molar refractivity (Wildman–Crippen MR) is 33.8 cm³/mol. The highest BCUT2D eigenvalue weighted by Crippen LogP contribution is 2.42. The summed E-state index contributed by atoms with van der Waals surface area (Å²) in [4.78, 5) is 12.6. The minimum absolute atomic E-state index is 0.0777. The van der Waals surface area contributed by atoms with E-state index in [0.29, 0.717) is 0 Å². The van der Waals surface area contributed by atoms with Crippen LogP contribution < -0.4 is 0 Å². The molecule has 0 radical (unpaired) electrons. The van der Waals surface area contributed by atoms with Gasteiger partial charge in [0.25, 0.3) is 0 Å². The third kappa shape index (κ3) is 4.52. The SMILES string of the molecule is C=COOP(=O)(O)OCC. The van der Waals surface area contributed by atoms with Crippen molar-refractivity contribution in [3.05, 3.63) is 12.8 Å². The van der Waals surface area contributed by atoms with E-state index in [9.17, 15) is 4.57 Å². The Balaban J connectivity index is 3.63. The predicted octanol–water partition coefficient (Wildman–Crippen LogP) is 1.21. The van der Waals surface area contributed by atoms with Crippen LogP contribution in [0.3, 0.4) is 0 Å². The highest BCUT2D eigenvalue weighted by atomic mass is 31.2. The maximum absolute atomic E-state index is 10.5. The van der Waals surface area contributed by atoms with E-state index in [1.165, 1.54) is 0 Å². The van der Waals surface area contributed by atoms with E-state index in [1.54, 1.807) is 6.92 Å². The maximum atomic E-state index is 10.5. The van der Waals surface area contributed by atoms with Crippen molar-refractivity contribution in [3.63, 3.8) is 0 Å². The van der Waals surface area contributed by atoms with Gasteiger partial charge < -0.3 is 9.78 Å². The van der Waals surface area contributed by atoms with E-state index in [1.807, 2.05) is 0 Å². The molecule has 0 bridgehead atoms. The van der Waals surface area contributed by atoms with Crippen molar-refractivity contribution in [2.75, 3.05) is 6.61 Å². The summed E-state index contributed by atoms with van der Waals surface area (Å²) in [7, 11) is -4.00. The number of hydrogen-bond acceptors (Lipinski definition) is 4. The first-order valence-corrected chi connectivity index (χ1v) is 4.05. The highest BCUT2D eigenvalue weighted by Gasteiger charge is 2.21. The third-order valence-electron chi connectivity index (χ3n) is 0.498. The normalized spacial score (nSPS) is 15.8. The van der Waals surface area contributed by atoms with Gasteiger partial charge in [-0.1, -0.05) is 11.3 Å². The zero-order valence-corrected chi connectivity index (χ0v) is 6.41. The van der Waals surface area contributed by atoms with Gasteiger partial charge >= 0.3 is 7.82 Å². The average Bonchev–Trinajstić information content (AvgIpc) is 1.84. The van der Waals surface area contributed by atoms with Crippen LogP contribution in [0.5, 0.6) is 0 Å². The standard InChI is InChI=1S/C4H9O5P/c1-3-7-9-10(5,6)8-4-2/h3H,1,4H2,2H3,(H,5,6). The van der Waals surface area contributed by atoms with E-state index in [-0.39, 0.29) is 6.61 Å².